The molecule has 0 aliphatic rings. The van der Waals surface area contributed by atoms with Gasteiger partial charge in [-0.3, -0.25) is 4.79 Å². The molecule has 20 heavy (non-hydrogen) atoms. The van der Waals surface area contributed by atoms with Gasteiger partial charge in [0.25, 0.3) is 5.91 Å². The summed E-state index contributed by atoms with van der Waals surface area (Å²) in [6, 6.07) is 7.03. The van der Waals surface area contributed by atoms with Gasteiger partial charge in [0.2, 0.25) is 0 Å². The predicted octanol–water partition coefficient (Wildman–Crippen LogP) is 2.09. The molecule has 0 aliphatic heterocycles. The van der Waals surface area contributed by atoms with E-state index in [1.807, 2.05) is 6.07 Å². The van der Waals surface area contributed by atoms with Gasteiger partial charge in [0.15, 0.2) is 0 Å². The molecule has 6 heteroatoms. The topological polar surface area (TPSA) is 78.0 Å². The number of aromatic amines is 1. The molecule has 0 fully saturated rings. The van der Waals surface area contributed by atoms with Crippen LogP contribution >= 0.6 is 11.6 Å². The van der Waals surface area contributed by atoms with E-state index in [0.29, 0.717) is 16.2 Å². The number of amides is 1. The van der Waals surface area contributed by atoms with E-state index in [-0.39, 0.29) is 19.1 Å². The van der Waals surface area contributed by atoms with Gasteiger partial charge in [-0.2, -0.15) is 0 Å². The Morgan fingerprint density at radius 3 is 3.05 bits per heavy atom. The Morgan fingerprint density at radius 1 is 1.40 bits per heavy atom. The first-order valence-corrected chi connectivity index (χ1v) is 6.53. The zero-order valence-corrected chi connectivity index (χ0v) is 11.2. The number of aliphatic hydroxyl groups excluding tert-OH is 1. The first-order chi connectivity index (χ1) is 9.70. The maximum absolute atomic E-state index is 11.9. The quantitative estimate of drug-likeness (QED) is 0.691. The van der Waals surface area contributed by atoms with E-state index in [9.17, 15) is 4.79 Å². The number of aliphatic hydroxyl groups is 1. The number of aromatic nitrogens is 2. The Kier molecular flexibility index (Phi) is 3.30. The van der Waals surface area contributed by atoms with E-state index in [2.05, 4.69) is 15.3 Å². The van der Waals surface area contributed by atoms with E-state index >= 15 is 0 Å². The van der Waals surface area contributed by atoms with E-state index < -0.39 is 0 Å². The number of nitrogens with one attached hydrogen (secondary N) is 2. The maximum atomic E-state index is 11.9. The van der Waals surface area contributed by atoms with Crippen molar-refractivity contribution in [2.24, 2.45) is 0 Å². The van der Waals surface area contributed by atoms with Gasteiger partial charge in [0, 0.05) is 34.6 Å². The second-order valence-electron chi connectivity index (χ2n) is 4.38. The highest BCUT2D eigenvalue weighted by molar-refractivity contribution is 6.37. The molecule has 0 saturated heterocycles. The third kappa shape index (κ3) is 2.11. The lowest BCUT2D eigenvalue weighted by Gasteiger charge is -2.03. The monoisotopic (exact) mass is 289 g/mol. The molecule has 0 spiro atoms. The normalized spacial score (nSPS) is 11.1. The molecule has 3 rings (SSSR count). The lowest BCUT2D eigenvalue weighted by molar-refractivity contribution is 0.0945. The van der Waals surface area contributed by atoms with Crippen LogP contribution < -0.4 is 5.32 Å². The van der Waals surface area contributed by atoms with Crippen molar-refractivity contribution in [3.8, 4) is 0 Å². The molecule has 0 unspecified atom stereocenters. The molecule has 1 aromatic carbocycles. The number of hydrogen-bond acceptors (Lipinski definition) is 3. The fourth-order valence-electron chi connectivity index (χ4n) is 2.19. The van der Waals surface area contributed by atoms with Crippen molar-refractivity contribution < 1.29 is 9.90 Å². The molecular weight excluding hydrogens is 278 g/mol. The molecule has 0 bridgehead atoms. The summed E-state index contributed by atoms with van der Waals surface area (Å²) in [5.41, 5.74) is 2.09. The predicted molar refractivity (Wildman–Crippen MR) is 78.0 cm³/mol. The van der Waals surface area contributed by atoms with E-state index in [4.69, 9.17) is 16.7 Å². The summed E-state index contributed by atoms with van der Waals surface area (Å²) >= 11 is 6.20. The SMILES string of the molecule is O=C(NCCO)c1ccc2[nH]c3nccc(Cl)c3c2c1. The summed E-state index contributed by atoms with van der Waals surface area (Å²) in [6.07, 6.45) is 1.63. The first-order valence-electron chi connectivity index (χ1n) is 6.15. The fraction of sp³-hybridized carbons (Fsp3) is 0.143. The molecule has 102 valence electrons. The summed E-state index contributed by atoms with van der Waals surface area (Å²) in [6.45, 7) is 0.143. The summed E-state index contributed by atoms with van der Waals surface area (Å²) in [5.74, 6) is -0.227. The van der Waals surface area contributed by atoms with E-state index in [1.54, 1.807) is 24.4 Å². The molecule has 2 aromatic heterocycles. The van der Waals surface area contributed by atoms with Crippen molar-refractivity contribution >= 4 is 39.4 Å². The Hall–Kier alpha value is -2.11. The van der Waals surface area contributed by atoms with Crippen LogP contribution in [0.5, 0.6) is 0 Å². The molecule has 1 amide bonds. The van der Waals surface area contributed by atoms with Crippen LogP contribution in [0.2, 0.25) is 5.02 Å². The zero-order chi connectivity index (χ0) is 14.1. The molecule has 5 nitrogen and oxygen atoms in total. The molecular formula is C14H12ClN3O2. The molecule has 0 atom stereocenters. The highest BCUT2D eigenvalue weighted by atomic mass is 35.5. The minimum atomic E-state index is -0.227. The summed E-state index contributed by atoms with van der Waals surface area (Å²) < 4.78 is 0. The Bertz CT molecular complexity index is 798. The van der Waals surface area contributed by atoms with Crippen LogP contribution in [0.15, 0.2) is 30.5 Å². The van der Waals surface area contributed by atoms with Crippen molar-refractivity contribution in [1.82, 2.24) is 15.3 Å². The Labute approximate surface area is 119 Å². The fourth-order valence-corrected chi connectivity index (χ4v) is 2.44. The van der Waals surface area contributed by atoms with Gasteiger partial charge in [-0.1, -0.05) is 11.6 Å². The molecule has 0 radical (unpaired) electrons. The van der Waals surface area contributed by atoms with Crippen molar-refractivity contribution in [2.45, 2.75) is 0 Å². The molecule has 0 saturated carbocycles. The number of carbonyl (C=O) groups excluding carboxylic acids is 1. The van der Waals surface area contributed by atoms with Crippen molar-refractivity contribution in [3.63, 3.8) is 0 Å². The largest absolute Gasteiger partial charge is 0.395 e. The number of H-pyrrole nitrogens is 1. The average molecular weight is 290 g/mol. The number of benzene rings is 1. The van der Waals surface area contributed by atoms with Crippen LogP contribution in [-0.4, -0.2) is 34.1 Å². The van der Waals surface area contributed by atoms with Crippen molar-refractivity contribution in [2.75, 3.05) is 13.2 Å². The third-order valence-corrected chi connectivity index (χ3v) is 3.42. The minimum Gasteiger partial charge on any atom is -0.395 e. The smallest absolute Gasteiger partial charge is 0.251 e. The first kappa shape index (κ1) is 12.9. The number of carbonyl (C=O) groups is 1. The van der Waals surface area contributed by atoms with Gasteiger partial charge in [0.05, 0.1) is 11.6 Å². The van der Waals surface area contributed by atoms with Gasteiger partial charge in [-0.15, -0.1) is 0 Å². The van der Waals surface area contributed by atoms with Crippen LogP contribution in [0.1, 0.15) is 10.4 Å². The number of halogens is 1. The molecule has 0 aliphatic carbocycles. The van der Waals surface area contributed by atoms with Crippen LogP contribution in [0, 0.1) is 0 Å². The highest BCUT2D eigenvalue weighted by Gasteiger charge is 2.11. The van der Waals surface area contributed by atoms with Gasteiger partial charge in [-0.25, -0.2) is 4.98 Å². The van der Waals surface area contributed by atoms with Crippen molar-refractivity contribution in [1.29, 1.82) is 0 Å². The lowest BCUT2D eigenvalue weighted by atomic mass is 10.1. The summed E-state index contributed by atoms with van der Waals surface area (Å²) in [5, 5.41) is 13.6. The number of pyridine rings is 1. The third-order valence-electron chi connectivity index (χ3n) is 3.10. The minimum absolute atomic E-state index is 0.0865. The highest BCUT2D eigenvalue weighted by Crippen LogP contribution is 2.30. The van der Waals surface area contributed by atoms with Gasteiger partial charge in [0.1, 0.15) is 5.65 Å². The molecule has 3 N–H and O–H groups in total. The van der Waals surface area contributed by atoms with Crippen LogP contribution in [0.3, 0.4) is 0 Å². The number of rotatable bonds is 3. The van der Waals surface area contributed by atoms with Gasteiger partial charge >= 0.3 is 0 Å². The van der Waals surface area contributed by atoms with Crippen LogP contribution in [0.4, 0.5) is 0 Å². The second kappa shape index (κ2) is 5.11. The second-order valence-corrected chi connectivity index (χ2v) is 4.79. The Morgan fingerprint density at radius 2 is 2.25 bits per heavy atom. The lowest BCUT2D eigenvalue weighted by Crippen LogP contribution is -2.26. The van der Waals surface area contributed by atoms with Crippen LogP contribution in [0.25, 0.3) is 21.9 Å². The van der Waals surface area contributed by atoms with Crippen LogP contribution in [-0.2, 0) is 0 Å². The summed E-state index contributed by atoms with van der Waals surface area (Å²) in [7, 11) is 0. The standard InChI is InChI=1S/C14H12ClN3O2/c15-10-3-4-16-13-12(10)9-7-8(1-2-11(9)18-13)14(20)17-5-6-19/h1-4,7,19H,5-6H2,(H,16,18)(H,17,20). The molecule has 3 aromatic rings. The maximum Gasteiger partial charge on any atom is 0.251 e. The number of fused-ring (bicyclic) bond motifs is 3. The van der Waals surface area contributed by atoms with Gasteiger partial charge in [-0.05, 0) is 24.3 Å². The number of hydrogen-bond donors (Lipinski definition) is 3. The average Bonchev–Trinajstić information content (AvgIpc) is 2.83. The Balaban J connectivity index is 2.14. The number of nitrogens with zero attached hydrogens (tertiary/aromatic N) is 1. The summed E-state index contributed by atoms with van der Waals surface area (Å²) in [4.78, 5) is 19.3. The zero-order valence-electron chi connectivity index (χ0n) is 10.5. The molecule has 2 heterocycles. The van der Waals surface area contributed by atoms with E-state index in [1.165, 1.54) is 0 Å². The van der Waals surface area contributed by atoms with E-state index in [0.717, 1.165) is 16.3 Å². The van der Waals surface area contributed by atoms with Gasteiger partial charge < -0.3 is 15.4 Å². The van der Waals surface area contributed by atoms with Crippen molar-refractivity contribution in [3.05, 3.63) is 41.0 Å².